The van der Waals surface area contributed by atoms with Crippen LogP contribution in [-0.2, 0) is 38.2 Å². The smallest absolute Gasteiger partial charge is 0.329 e. The highest BCUT2D eigenvalue weighted by Gasteiger charge is 2.53. The summed E-state index contributed by atoms with van der Waals surface area (Å²) in [6.45, 7) is 19.6. The summed E-state index contributed by atoms with van der Waals surface area (Å²) in [5.41, 5.74) is 1.44. The number of hydrogen-bond acceptors (Lipinski definition) is 10. The zero-order valence-electron chi connectivity index (χ0n) is 41.8. The SMILES string of the molecule is CCC[C@@H]1CC[C@@H](C[C@@H](C)[C@@H]2CC(=O)[C@H](C)/C=C(\C)[C@@H](O)[C@@H](C)C(=O)[C@H](C)C[C@H](C)/C=C/C=C/C=C(\C)[C@@H](OC)CC3CC[C@@H](C)[C@@](O)(O3)C(=O)C(=O)N3CCCCC3C(=O)O2)C[C@H]1C. The lowest BCUT2D eigenvalue weighted by Crippen LogP contribution is -2.61. The van der Waals surface area contributed by atoms with E-state index in [1.54, 1.807) is 40.9 Å². The van der Waals surface area contributed by atoms with E-state index in [2.05, 4.69) is 20.8 Å². The molecule has 4 rings (SSSR count). The quantitative estimate of drug-likeness (QED) is 0.150. The number of Topliss-reactive ketones (excluding diaryl/α,β-unsaturated/α-hetero) is 3. The second-order valence-electron chi connectivity index (χ2n) is 20.9. The van der Waals surface area contributed by atoms with E-state index in [1.807, 2.05) is 51.2 Å². The minimum atomic E-state index is -2.39. The highest BCUT2D eigenvalue weighted by atomic mass is 16.6. The fraction of sp³-hybridized carbons (Fsp3) is 0.759. The maximum absolute atomic E-state index is 14.4. The van der Waals surface area contributed by atoms with Gasteiger partial charge in [0.1, 0.15) is 23.7 Å². The zero-order valence-corrected chi connectivity index (χ0v) is 41.8. The molecule has 0 radical (unpaired) electrons. The number of rotatable bonds is 6. The van der Waals surface area contributed by atoms with Gasteiger partial charge in [0.2, 0.25) is 5.79 Å². The molecule has 1 saturated carbocycles. The summed E-state index contributed by atoms with van der Waals surface area (Å²) in [5.74, 6) is -6.03. The number of ketones is 3. The Morgan fingerprint density at radius 3 is 2.29 bits per heavy atom. The minimum absolute atomic E-state index is 0.0428. The van der Waals surface area contributed by atoms with E-state index >= 15 is 0 Å². The standard InChI is InChI=1S/C54H85NO10/c1-12-18-43-24-23-42(29-35(43)4)30-37(6)48-32-46(56)36(5)28-39(8)50(58)41(10)49(57)38(7)27-33(2)19-14-13-15-20-34(3)47(63-11)31-44-25-22-40(9)54(62,65-44)51(59)52(60)55-26-17-16-21-45(55)53(61)64-48/h13-15,19-20,28,33,35-38,40-45,47-48,50,58,62H,12,16-18,21-27,29-32H2,1-11H3/b15-13+,19-14+,34-20+,39-28+/t33-,35-,36-,37-,38-,40-,41+,42-,43-,44?,45?,47+,48+,50-,54-/m1/s1. The second-order valence-corrected chi connectivity index (χ2v) is 20.9. The Morgan fingerprint density at radius 1 is 0.892 bits per heavy atom. The van der Waals surface area contributed by atoms with E-state index in [-0.39, 0.29) is 54.8 Å². The number of nitrogens with zero attached hydrogens (tertiary/aromatic N) is 1. The number of aliphatic hydroxyl groups is 2. The summed E-state index contributed by atoms with van der Waals surface area (Å²) in [6, 6.07) is -1.07. The molecule has 15 atom stereocenters. The zero-order chi connectivity index (χ0) is 48.2. The van der Waals surface area contributed by atoms with Crippen molar-refractivity contribution in [3.05, 3.63) is 47.6 Å². The Hall–Kier alpha value is -3.25. The summed E-state index contributed by atoms with van der Waals surface area (Å²) in [5, 5.41) is 23.4. The van der Waals surface area contributed by atoms with Gasteiger partial charge in [0.15, 0.2) is 0 Å². The first kappa shape index (κ1) is 54.4. The van der Waals surface area contributed by atoms with Gasteiger partial charge in [0.25, 0.3) is 11.7 Å². The molecule has 11 nitrogen and oxygen atoms in total. The lowest BCUT2D eigenvalue weighted by Gasteiger charge is -2.42. The second kappa shape index (κ2) is 25.2. The molecule has 366 valence electrons. The van der Waals surface area contributed by atoms with Crippen LogP contribution in [0, 0.1) is 53.3 Å². The van der Waals surface area contributed by atoms with E-state index in [0.29, 0.717) is 61.9 Å². The van der Waals surface area contributed by atoms with Gasteiger partial charge in [-0.2, -0.15) is 0 Å². The maximum atomic E-state index is 14.4. The largest absolute Gasteiger partial charge is 0.460 e. The van der Waals surface area contributed by atoms with Gasteiger partial charge in [-0.25, -0.2) is 4.79 Å². The van der Waals surface area contributed by atoms with Crippen molar-refractivity contribution >= 4 is 29.2 Å². The van der Waals surface area contributed by atoms with Gasteiger partial charge in [-0.1, -0.05) is 111 Å². The number of allylic oxidation sites excluding steroid dienone is 6. The first-order valence-corrected chi connectivity index (χ1v) is 25.1. The summed E-state index contributed by atoms with van der Waals surface area (Å²) in [4.78, 5) is 71.9. The Bertz CT molecular complexity index is 1750. The van der Waals surface area contributed by atoms with Crippen LogP contribution in [-0.4, -0.2) is 94.2 Å². The van der Waals surface area contributed by atoms with E-state index in [9.17, 15) is 34.2 Å². The fourth-order valence-corrected chi connectivity index (χ4v) is 11.1. The van der Waals surface area contributed by atoms with Crippen LogP contribution in [0.3, 0.4) is 0 Å². The summed E-state index contributed by atoms with van der Waals surface area (Å²) in [6.07, 6.45) is 18.4. The predicted octanol–water partition coefficient (Wildman–Crippen LogP) is 9.48. The van der Waals surface area contributed by atoms with Gasteiger partial charge in [-0.3, -0.25) is 19.2 Å². The van der Waals surface area contributed by atoms with Crippen molar-refractivity contribution in [1.29, 1.82) is 0 Å². The minimum Gasteiger partial charge on any atom is -0.460 e. The van der Waals surface area contributed by atoms with Crippen LogP contribution in [0.2, 0.25) is 0 Å². The number of carbonyl (C=O) groups excluding carboxylic acids is 5. The number of methoxy groups -OCH3 is 1. The average Bonchev–Trinajstić information content (AvgIpc) is 3.27. The molecule has 2 saturated heterocycles. The molecular weight excluding hydrogens is 823 g/mol. The van der Waals surface area contributed by atoms with Crippen LogP contribution in [0.15, 0.2) is 47.6 Å². The molecule has 3 heterocycles. The molecule has 1 aliphatic carbocycles. The van der Waals surface area contributed by atoms with Crippen molar-refractivity contribution in [2.45, 2.75) is 195 Å². The molecule has 0 aromatic rings. The number of amides is 1. The molecule has 3 fully saturated rings. The molecule has 4 aliphatic rings. The van der Waals surface area contributed by atoms with Crippen LogP contribution in [0.4, 0.5) is 0 Å². The molecule has 0 aromatic heterocycles. The molecule has 1 amide bonds. The van der Waals surface area contributed by atoms with Gasteiger partial charge in [0, 0.05) is 50.2 Å². The highest BCUT2D eigenvalue weighted by molar-refractivity contribution is 6.39. The Morgan fingerprint density at radius 2 is 1.62 bits per heavy atom. The number of aliphatic hydroxyl groups excluding tert-OH is 1. The maximum Gasteiger partial charge on any atom is 0.329 e. The average molecular weight is 908 g/mol. The van der Waals surface area contributed by atoms with Gasteiger partial charge >= 0.3 is 5.97 Å². The summed E-state index contributed by atoms with van der Waals surface area (Å²) < 4.78 is 18.4. The molecule has 2 bridgehead atoms. The van der Waals surface area contributed by atoms with E-state index < -0.39 is 65.6 Å². The van der Waals surface area contributed by atoms with Crippen molar-refractivity contribution in [2.24, 2.45) is 53.3 Å². The number of fused-ring (bicyclic) bond motifs is 3. The predicted molar refractivity (Wildman–Crippen MR) is 254 cm³/mol. The van der Waals surface area contributed by atoms with E-state index in [1.165, 1.54) is 11.3 Å². The van der Waals surface area contributed by atoms with Crippen LogP contribution >= 0.6 is 0 Å². The molecule has 2 unspecified atom stereocenters. The van der Waals surface area contributed by atoms with Crippen LogP contribution in [0.25, 0.3) is 0 Å². The lowest BCUT2D eigenvalue weighted by atomic mass is 9.70. The third-order valence-corrected chi connectivity index (χ3v) is 15.5. The monoisotopic (exact) mass is 908 g/mol. The molecule has 3 aliphatic heterocycles. The first-order valence-electron chi connectivity index (χ1n) is 25.1. The van der Waals surface area contributed by atoms with E-state index in [0.717, 1.165) is 37.7 Å². The van der Waals surface area contributed by atoms with Crippen molar-refractivity contribution in [3.63, 3.8) is 0 Å². The Kier molecular flexibility index (Phi) is 21.1. The van der Waals surface area contributed by atoms with Gasteiger partial charge < -0.3 is 29.3 Å². The molecule has 11 heteroatoms. The number of piperidine rings is 1. The summed E-state index contributed by atoms with van der Waals surface area (Å²) in [7, 11) is 1.60. The fourth-order valence-electron chi connectivity index (χ4n) is 11.1. The topological polar surface area (TPSA) is 157 Å². The van der Waals surface area contributed by atoms with Crippen LogP contribution in [0.1, 0.15) is 159 Å². The Balaban J connectivity index is 1.68. The Labute approximate surface area is 391 Å². The van der Waals surface area contributed by atoms with Crippen LogP contribution < -0.4 is 0 Å². The van der Waals surface area contributed by atoms with Crippen molar-refractivity contribution in [3.8, 4) is 0 Å². The third-order valence-electron chi connectivity index (χ3n) is 15.5. The van der Waals surface area contributed by atoms with Gasteiger partial charge in [-0.05, 0) is 112 Å². The van der Waals surface area contributed by atoms with Crippen LogP contribution in [0.5, 0.6) is 0 Å². The van der Waals surface area contributed by atoms with Crippen molar-refractivity contribution in [2.75, 3.05) is 13.7 Å². The normalized spacial score (nSPS) is 40.4. The molecule has 65 heavy (non-hydrogen) atoms. The van der Waals surface area contributed by atoms with Gasteiger partial charge in [-0.15, -0.1) is 0 Å². The van der Waals surface area contributed by atoms with Crippen molar-refractivity contribution < 1.29 is 48.4 Å². The number of hydrogen-bond donors (Lipinski definition) is 2. The van der Waals surface area contributed by atoms with Gasteiger partial charge in [0.05, 0.1) is 18.3 Å². The number of esters is 1. The lowest BCUT2D eigenvalue weighted by molar-refractivity contribution is -0.265. The molecule has 0 spiro atoms. The third kappa shape index (κ3) is 14.6. The van der Waals surface area contributed by atoms with E-state index in [4.69, 9.17) is 14.2 Å². The molecule has 0 aromatic carbocycles. The summed E-state index contributed by atoms with van der Waals surface area (Å²) >= 11 is 0. The number of carbonyl (C=O) groups is 5. The number of cyclic esters (lactones) is 1. The molecule has 2 N–H and O–H groups in total. The first-order chi connectivity index (χ1) is 30.7. The highest BCUT2D eigenvalue weighted by Crippen LogP contribution is 2.41. The molecular formula is C54H85NO10. The number of ether oxygens (including phenoxy) is 3. The van der Waals surface area contributed by atoms with Crippen molar-refractivity contribution in [1.82, 2.24) is 4.90 Å².